The van der Waals surface area contributed by atoms with Gasteiger partial charge in [0.25, 0.3) is 0 Å². The molecule has 0 aliphatic heterocycles. The number of nitrogens with one attached hydrogen (secondary N) is 1. The maximum Gasteiger partial charge on any atom is 0.206 e. The van der Waals surface area contributed by atoms with Crippen molar-refractivity contribution >= 4 is 39.6 Å². The van der Waals surface area contributed by atoms with Gasteiger partial charge in [-0.2, -0.15) is 0 Å². The molecule has 22 heavy (non-hydrogen) atoms. The number of nitrogens with zero attached hydrogens (tertiary/aromatic N) is 3. The zero-order valence-electron chi connectivity index (χ0n) is 11.9. The summed E-state index contributed by atoms with van der Waals surface area (Å²) in [5, 5.41) is 14.8. The Kier molecular flexibility index (Phi) is 5.80. The SMILES string of the molecule is c1csc(CCNc2nnc(SCCc3ccncc3)s2)c1. The fraction of sp³-hybridized carbons (Fsp3) is 0.267. The predicted molar refractivity (Wildman–Crippen MR) is 95.1 cm³/mol. The molecule has 0 amide bonds. The standard InChI is InChI=1S/C15H16N4S3/c1-2-13(20-10-1)5-9-17-14-18-19-15(22-14)21-11-6-12-3-7-16-8-4-12/h1-4,7-8,10H,5-6,9,11H2,(H,17,18). The highest BCUT2D eigenvalue weighted by molar-refractivity contribution is 8.01. The number of thiophene rings is 1. The number of anilines is 1. The van der Waals surface area contributed by atoms with E-state index < -0.39 is 0 Å². The molecule has 3 aromatic heterocycles. The van der Waals surface area contributed by atoms with E-state index in [0.717, 1.165) is 34.6 Å². The Morgan fingerprint density at radius 1 is 1.09 bits per heavy atom. The molecule has 0 spiro atoms. The van der Waals surface area contributed by atoms with E-state index in [1.165, 1.54) is 10.4 Å². The van der Waals surface area contributed by atoms with E-state index in [-0.39, 0.29) is 0 Å². The molecule has 0 unspecified atom stereocenters. The minimum Gasteiger partial charge on any atom is -0.360 e. The highest BCUT2D eigenvalue weighted by Crippen LogP contribution is 2.26. The Bertz CT molecular complexity index is 667. The molecule has 0 aliphatic rings. The summed E-state index contributed by atoms with van der Waals surface area (Å²) in [6, 6.07) is 8.35. The number of thioether (sulfide) groups is 1. The zero-order chi connectivity index (χ0) is 15.0. The van der Waals surface area contributed by atoms with E-state index in [4.69, 9.17) is 0 Å². The van der Waals surface area contributed by atoms with Gasteiger partial charge in [0, 0.05) is 29.6 Å². The molecule has 0 fully saturated rings. The second-order valence-electron chi connectivity index (χ2n) is 4.58. The van der Waals surface area contributed by atoms with Gasteiger partial charge in [-0.15, -0.1) is 21.5 Å². The predicted octanol–water partition coefficient (Wildman–Crippen LogP) is 3.98. The summed E-state index contributed by atoms with van der Waals surface area (Å²) in [7, 11) is 0. The minimum absolute atomic E-state index is 0.900. The van der Waals surface area contributed by atoms with Gasteiger partial charge < -0.3 is 5.32 Å². The van der Waals surface area contributed by atoms with E-state index in [1.54, 1.807) is 34.4 Å². The zero-order valence-corrected chi connectivity index (χ0v) is 14.4. The molecule has 0 radical (unpaired) electrons. The van der Waals surface area contributed by atoms with Crippen LogP contribution in [0.3, 0.4) is 0 Å². The molecule has 0 bridgehead atoms. The fourth-order valence-corrected chi connectivity index (χ4v) is 4.44. The quantitative estimate of drug-likeness (QED) is 0.624. The molecular weight excluding hydrogens is 332 g/mol. The molecule has 0 atom stereocenters. The van der Waals surface area contributed by atoms with Crippen LogP contribution in [0.5, 0.6) is 0 Å². The lowest BCUT2D eigenvalue weighted by molar-refractivity contribution is 0.979. The minimum atomic E-state index is 0.900. The number of rotatable bonds is 8. The van der Waals surface area contributed by atoms with Crippen molar-refractivity contribution in [3.8, 4) is 0 Å². The van der Waals surface area contributed by atoms with E-state index in [1.807, 2.05) is 12.4 Å². The lowest BCUT2D eigenvalue weighted by atomic mass is 10.2. The molecule has 7 heteroatoms. The average molecular weight is 349 g/mol. The summed E-state index contributed by atoms with van der Waals surface area (Å²) in [5.41, 5.74) is 1.31. The lowest BCUT2D eigenvalue weighted by Gasteiger charge is -1.99. The molecule has 1 N–H and O–H groups in total. The van der Waals surface area contributed by atoms with Crippen molar-refractivity contribution in [2.24, 2.45) is 0 Å². The van der Waals surface area contributed by atoms with E-state index >= 15 is 0 Å². The Morgan fingerprint density at radius 2 is 2.00 bits per heavy atom. The first kappa shape index (κ1) is 15.5. The second-order valence-corrected chi connectivity index (χ2v) is 7.93. The normalized spacial score (nSPS) is 10.7. The first-order chi connectivity index (χ1) is 10.9. The summed E-state index contributed by atoms with van der Waals surface area (Å²) >= 11 is 5.17. The summed E-state index contributed by atoms with van der Waals surface area (Å²) in [6.07, 6.45) is 5.72. The third kappa shape index (κ3) is 4.79. The second kappa shape index (κ2) is 8.26. The molecule has 114 valence electrons. The molecule has 4 nitrogen and oxygen atoms in total. The van der Waals surface area contributed by atoms with Crippen LogP contribution in [-0.4, -0.2) is 27.5 Å². The van der Waals surface area contributed by atoms with Crippen molar-refractivity contribution in [1.82, 2.24) is 15.2 Å². The number of aryl methyl sites for hydroxylation is 1. The van der Waals surface area contributed by atoms with Crippen LogP contribution >= 0.6 is 34.4 Å². The topological polar surface area (TPSA) is 50.7 Å². The first-order valence-corrected chi connectivity index (χ1v) is 9.70. The molecule has 3 heterocycles. The Balaban J connectivity index is 1.39. The van der Waals surface area contributed by atoms with Crippen molar-refractivity contribution in [1.29, 1.82) is 0 Å². The Morgan fingerprint density at radius 3 is 2.82 bits per heavy atom. The van der Waals surface area contributed by atoms with Gasteiger partial charge >= 0.3 is 0 Å². The summed E-state index contributed by atoms with van der Waals surface area (Å²) in [5.74, 6) is 1.01. The third-order valence-corrected chi connectivity index (χ3v) is 5.95. The number of hydrogen-bond donors (Lipinski definition) is 1. The maximum absolute atomic E-state index is 4.22. The molecule has 0 saturated carbocycles. The van der Waals surface area contributed by atoms with Crippen molar-refractivity contribution in [2.45, 2.75) is 17.2 Å². The van der Waals surface area contributed by atoms with Gasteiger partial charge in [-0.25, -0.2) is 0 Å². The highest BCUT2D eigenvalue weighted by atomic mass is 32.2. The van der Waals surface area contributed by atoms with Crippen molar-refractivity contribution in [3.05, 3.63) is 52.5 Å². The van der Waals surface area contributed by atoms with Crippen molar-refractivity contribution in [2.75, 3.05) is 17.6 Å². The van der Waals surface area contributed by atoms with Crippen LogP contribution in [0.2, 0.25) is 0 Å². The summed E-state index contributed by atoms with van der Waals surface area (Å²) < 4.78 is 1.02. The molecular formula is C15H16N4S3. The van der Waals surface area contributed by atoms with Gasteiger partial charge in [0.1, 0.15) is 0 Å². The van der Waals surface area contributed by atoms with Crippen LogP contribution < -0.4 is 5.32 Å². The monoisotopic (exact) mass is 348 g/mol. The number of hydrogen-bond acceptors (Lipinski definition) is 7. The van der Waals surface area contributed by atoms with E-state index in [0.29, 0.717) is 0 Å². The fourth-order valence-electron chi connectivity index (χ4n) is 1.89. The van der Waals surface area contributed by atoms with Crippen LogP contribution in [0.15, 0.2) is 46.4 Å². The van der Waals surface area contributed by atoms with Gasteiger partial charge in [0.15, 0.2) is 4.34 Å². The molecule has 0 aliphatic carbocycles. The van der Waals surface area contributed by atoms with Crippen LogP contribution in [0.1, 0.15) is 10.4 Å². The molecule has 0 aromatic carbocycles. The van der Waals surface area contributed by atoms with Crippen molar-refractivity contribution in [3.63, 3.8) is 0 Å². The van der Waals surface area contributed by atoms with E-state index in [9.17, 15) is 0 Å². The van der Waals surface area contributed by atoms with Gasteiger partial charge in [0.05, 0.1) is 0 Å². The molecule has 3 rings (SSSR count). The average Bonchev–Trinajstić information content (AvgIpc) is 3.21. The first-order valence-electron chi connectivity index (χ1n) is 7.01. The largest absolute Gasteiger partial charge is 0.360 e. The van der Waals surface area contributed by atoms with Crippen molar-refractivity contribution < 1.29 is 0 Å². The Hall–Kier alpha value is -1.44. The van der Waals surface area contributed by atoms with Gasteiger partial charge in [-0.1, -0.05) is 29.2 Å². The Labute approximate surface area is 142 Å². The van der Waals surface area contributed by atoms with Crippen LogP contribution in [0.25, 0.3) is 0 Å². The number of pyridine rings is 1. The molecule has 3 aromatic rings. The highest BCUT2D eigenvalue weighted by Gasteiger charge is 2.04. The lowest BCUT2D eigenvalue weighted by Crippen LogP contribution is -2.03. The van der Waals surface area contributed by atoms with Crippen LogP contribution in [0, 0.1) is 0 Å². The summed E-state index contributed by atoms with van der Waals surface area (Å²) in [4.78, 5) is 5.42. The maximum atomic E-state index is 4.22. The van der Waals surface area contributed by atoms with E-state index in [2.05, 4.69) is 50.1 Å². The molecule has 0 saturated heterocycles. The van der Waals surface area contributed by atoms with Crippen LogP contribution in [0.4, 0.5) is 5.13 Å². The third-order valence-electron chi connectivity index (χ3n) is 3.00. The summed E-state index contributed by atoms with van der Waals surface area (Å²) in [6.45, 7) is 0.900. The smallest absolute Gasteiger partial charge is 0.206 e. The van der Waals surface area contributed by atoms with Gasteiger partial charge in [-0.05, 0) is 42.0 Å². The van der Waals surface area contributed by atoms with Crippen LogP contribution in [-0.2, 0) is 12.8 Å². The number of aromatic nitrogens is 3. The van der Waals surface area contributed by atoms with Gasteiger partial charge in [-0.3, -0.25) is 4.98 Å². The van der Waals surface area contributed by atoms with Gasteiger partial charge in [0.2, 0.25) is 5.13 Å².